The topological polar surface area (TPSA) is 69.7 Å². The summed E-state index contributed by atoms with van der Waals surface area (Å²) < 4.78 is 28.3. The van der Waals surface area contributed by atoms with Crippen molar-refractivity contribution in [2.24, 2.45) is 5.92 Å². The number of carbonyl (C=O) groups excluding carboxylic acids is 1. The molecule has 0 bridgehead atoms. The van der Waals surface area contributed by atoms with Crippen molar-refractivity contribution in [2.45, 2.75) is 45.1 Å². The SMILES string of the molecule is Cc1ccc(S(=O)(=O)N(CC(=O)NCc2ccc(N3CCCC(C)C3)cc2)c2ccccc2C)cc1. The molecule has 0 saturated carbocycles. The van der Waals surface area contributed by atoms with E-state index in [1.165, 1.54) is 22.8 Å². The van der Waals surface area contributed by atoms with E-state index in [4.69, 9.17) is 0 Å². The number of anilines is 2. The molecule has 36 heavy (non-hydrogen) atoms. The second-order valence-electron chi connectivity index (χ2n) is 9.75. The highest BCUT2D eigenvalue weighted by Crippen LogP contribution is 2.27. The first-order valence-corrected chi connectivity index (χ1v) is 13.9. The van der Waals surface area contributed by atoms with Crippen molar-refractivity contribution in [1.29, 1.82) is 0 Å². The largest absolute Gasteiger partial charge is 0.371 e. The molecule has 0 aromatic heterocycles. The third-order valence-corrected chi connectivity index (χ3v) is 8.50. The fourth-order valence-electron chi connectivity index (χ4n) is 4.62. The highest BCUT2D eigenvalue weighted by molar-refractivity contribution is 7.92. The van der Waals surface area contributed by atoms with E-state index in [1.807, 2.05) is 38.1 Å². The lowest BCUT2D eigenvalue weighted by Crippen LogP contribution is -2.41. The quantitative estimate of drug-likeness (QED) is 0.465. The molecule has 190 valence electrons. The van der Waals surface area contributed by atoms with Gasteiger partial charge < -0.3 is 10.2 Å². The van der Waals surface area contributed by atoms with Crippen LogP contribution < -0.4 is 14.5 Å². The van der Waals surface area contributed by atoms with Gasteiger partial charge in [-0.2, -0.15) is 0 Å². The predicted molar refractivity (Wildman–Crippen MR) is 146 cm³/mol. The Morgan fingerprint density at radius 3 is 2.36 bits per heavy atom. The standard InChI is InChI=1S/C29H35N3O3S/c1-22-10-16-27(17-11-22)36(34,35)32(28-9-5-4-8-24(28)3)21-29(33)30-19-25-12-14-26(15-13-25)31-18-6-7-23(2)20-31/h4-5,8-17,23H,6-7,18-21H2,1-3H3,(H,30,33). The van der Waals surface area contributed by atoms with Crippen LogP contribution in [0.3, 0.4) is 0 Å². The summed E-state index contributed by atoms with van der Waals surface area (Å²) >= 11 is 0. The molecule has 1 unspecified atom stereocenters. The number of amides is 1. The number of sulfonamides is 1. The zero-order valence-electron chi connectivity index (χ0n) is 21.3. The van der Waals surface area contributed by atoms with E-state index in [-0.39, 0.29) is 17.3 Å². The molecule has 6 nitrogen and oxygen atoms in total. The van der Waals surface area contributed by atoms with Gasteiger partial charge in [0.15, 0.2) is 0 Å². The van der Waals surface area contributed by atoms with Crippen LogP contribution in [0.2, 0.25) is 0 Å². The van der Waals surface area contributed by atoms with Crippen molar-refractivity contribution in [3.8, 4) is 0 Å². The van der Waals surface area contributed by atoms with E-state index in [0.29, 0.717) is 18.2 Å². The van der Waals surface area contributed by atoms with E-state index in [0.717, 1.165) is 29.8 Å². The molecule has 7 heteroatoms. The summed E-state index contributed by atoms with van der Waals surface area (Å²) in [5.41, 5.74) is 4.42. The van der Waals surface area contributed by atoms with Crippen molar-refractivity contribution in [1.82, 2.24) is 5.32 Å². The molecule has 3 aromatic rings. The molecule has 1 aliphatic heterocycles. The Bertz CT molecular complexity index is 1290. The van der Waals surface area contributed by atoms with Crippen molar-refractivity contribution in [3.05, 3.63) is 89.5 Å². The van der Waals surface area contributed by atoms with Gasteiger partial charge in [0.25, 0.3) is 10.0 Å². The molecule has 0 radical (unpaired) electrons. The molecular formula is C29H35N3O3S. The van der Waals surface area contributed by atoms with Crippen LogP contribution in [0.1, 0.15) is 36.5 Å². The van der Waals surface area contributed by atoms with Gasteiger partial charge in [-0.3, -0.25) is 9.10 Å². The zero-order valence-corrected chi connectivity index (χ0v) is 22.1. The number of rotatable bonds is 8. The second-order valence-corrected chi connectivity index (χ2v) is 11.6. The summed E-state index contributed by atoms with van der Waals surface area (Å²) in [7, 11) is -3.93. The molecule has 0 spiro atoms. The fraction of sp³-hybridized carbons (Fsp3) is 0.345. The lowest BCUT2D eigenvalue weighted by molar-refractivity contribution is -0.119. The molecule has 3 aromatic carbocycles. The first-order valence-electron chi connectivity index (χ1n) is 12.5. The van der Waals surface area contributed by atoms with Crippen molar-refractivity contribution in [3.63, 3.8) is 0 Å². The van der Waals surface area contributed by atoms with Gasteiger partial charge in [0.05, 0.1) is 10.6 Å². The summed E-state index contributed by atoms with van der Waals surface area (Å²) in [6, 6.07) is 22.1. The molecular weight excluding hydrogens is 470 g/mol. The minimum absolute atomic E-state index is 0.159. The van der Waals surface area contributed by atoms with Crippen molar-refractivity contribution < 1.29 is 13.2 Å². The molecule has 1 fully saturated rings. The van der Waals surface area contributed by atoms with E-state index in [2.05, 4.69) is 29.3 Å². The number of aryl methyl sites for hydroxylation is 2. The Morgan fingerprint density at radius 2 is 1.69 bits per heavy atom. The Balaban J connectivity index is 1.46. The van der Waals surface area contributed by atoms with Gasteiger partial charge in [0.1, 0.15) is 6.54 Å². The van der Waals surface area contributed by atoms with E-state index >= 15 is 0 Å². The summed E-state index contributed by atoms with van der Waals surface area (Å²) in [4.78, 5) is 15.5. The number of para-hydroxylation sites is 1. The van der Waals surface area contributed by atoms with Gasteiger partial charge in [0.2, 0.25) is 5.91 Å². The number of benzene rings is 3. The molecule has 1 saturated heterocycles. The summed E-state index contributed by atoms with van der Waals surface area (Å²) in [6.45, 7) is 8.21. The number of piperidine rings is 1. The van der Waals surface area contributed by atoms with Gasteiger partial charge in [0, 0.05) is 25.3 Å². The van der Waals surface area contributed by atoms with E-state index in [1.54, 1.807) is 36.4 Å². The van der Waals surface area contributed by atoms with Crippen LogP contribution in [0.25, 0.3) is 0 Å². The normalized spacial score (nSPS) is 16.0. The number of hydrogen-bond donors (Lipinski definition) is 1. The molecule has 0 aliphatic carbocycles. The van der Waals surface area contributed by atoms with Crippen LogP contribution in [0.15, 0.2) is 77.7 Å². The van der Waals surface area contributed by atoms with Crippen LogP contribution >= 0.6 is 0 Å². The molecule has 1 aliphatic rings. The zero-order chi connectivity index (χ0) is 25.7. The maximum atomic E-state index is 13.6. The number of nitrogens with one attached hydrogen (secondary N) is 1. The monoisotopic (exact) mass is 505 g/mol. The molecule has 4 rings (SSSR count). The second kappa shape index (κ2) is 11.2. The number of nitrogens with zero attached hydrogens (tertiary/aromatic N) is 2. The van der Waals surface area contributed by atoms with Gasteiger partial charge in [-0.1, -0.05) is 55.0 Å². The predicted octanol–water partition coefficient (Wildman–Crippen LogP) is 5.05. The fourth-order valence-corrected chi connectivity index (χ4v) is 6.10. The van der Waals surface area contributed by atoms with Crippen LogP contribution in [-0.4, -0.2) is 34.0 Å². The highest BCUT2D eigenvalue weighted by atomic mass is 32.2. The summed E-state index contributed by atoms with van der Waals surface area (Å²) in [6.07, 6.45) is 2.49. The lowest BCUT2D eigenvalue weighted by atomic mass is 9.99. The molecule has 1 heterocycles. The van der Waals surface area contributed by atoms with E-state index in [9.17, 15) is 13.2 Å². The number of carbonyl (C=O) groups is 1. The Labute approximate surface area is 215 Å². The first kappa shape index (κ1) is 25.8. The van der Waals surface area contributed by atoms with Crippen LogP contribution in [-0.2, 0) is 21.4 Å². The van der Waals surface area contributed by atoms with Crippen LogP contribution in [0.4, 0.5) is 11.4 Å². The molecule has 1 amide bonds. The minimum Gasteiger partial charge on any atom is -0.371 e. The van der Waals surface area contributed by atoms with Crippen molar-refractivity contribution >= 4 is 27.3 Å². The van der Waals surface area contributed by atoms with E-state index < -0.39 is 10.0 Å². The maximum absolute atomic E-state index is 13.6. The van der Waals surface area contributed by atoms with Crippen molar-refractivity contribution in [2.75, 3.05) is 28.8 Å². The Kier molecular flexibility index (Phi) is 7.99. The smallest absolute Gasteiger partial charge is 0.264 e. The summed E-state index contributed by atoms with van der Waals surface area (Å²) in [5, 5.41) is 2.90. The molecule has 1 N–H and O–H groups in total. The maximum Gasteiger partial charge on any atom is 0.264 e. The number of hydrogen-bond acceptors (Lipinski definition) is 4. The lowest BCUT2D eigenvalue weighted by Gasteiger charge is -2.32. The highest BCUT2D eigenvalue weighted by Gasteiger charge is 2.28. The molecule has 1 atom stereocenters. The van der Waals surface area contributed by atoms with Gasteiger partial charge in [-0.05, 0) is 74.1 Å². The Hall–Kier alpha value is -3.32. The average molecular weight is 506 g/mol. The van der Waals surface area contributed by atoms with Crippen LogP contribution in [0, 0.1) is 19.8 Å². The van der Waals surface area contributed by atoms with Crippen LogP contribution in [0.5, 0.6) is 0 Å². The third-order valence-electron chi connectivity index (χ3n) is 6.73. The summed E-state index contributed by atoms with van der Waals surface area (Å²) in [5.74, 6) is 0.341. The average Bonchev–Trinajstić information content (AvgIpc) is 2.87. The van der Waals surface area contributed by atoms with Gasteiger partial charge in [-0.25, -0.2) is 8.42 Å². The van der Waals surface area contributed by atoms with Gasteiger partial charge >= 0.3 is 0 Å². The Morgan fingerprint density at radius 1 is 1.00 bits per heavy atom. The third kappa shape index (κ3) is 6.08. The van der Waals surface area contributed by atoms with Gasteiger partial charge in [-0.15, -0.1) is 0 Å². The first-order chi connectivity index (χ1) is 17.2. The minimum atomic E-state index is -3.93.